The monoisotopic (exact) mass is 454 g/mol. The smallest absolute Gasteiger partial charge is 0.140 e. The Morgan fingerprint density at radius 2 is 1.50 bits per heavy atom. The Morgan fingerprint density at radius 3 is 2.18 bits per heavy atom. The molecule has 34 heavy (non-hydrogen) atoms. The van der Waals surface area contributed by atoms with Crippen molar-refractivity contribution in [3.05, 3.63) is 77.4 Å². The molecule has 2 heteroatoms. The van der Waals surface area contributed by atoms with Crippen LogP contribution in [0.3, 0.4) is 0 Å². The van der Waals surface area contributed by atoms with Crippen LogP contribution in [-0.4, -0.2) is 11.6 Å². The maximum Gasteiger partial charge on any atom is 0.140 e. The molecule has 2 aromatic rings. The number of allylic oxidation sites excluding steroid dienone is 2. The van der Waals surface area contributed by atoms with Gasteiger partial charge in [-0.1, -0.05) is 86.9 Å². The van der Waals surface area contributed by atoms with Gasteiger partial charge in [-0.15, -0.1) is 0 Å². The fraction of sp³-hybridized carbons (Fsp3) is 0.500. The van der Waals surface area contributed by atoms with Crippen molar-refractivity contribution in [1.82, 2.24) is 0 Å². The first-order valence-corrected chi connectivity index (χ1v) is 13.5. The lowest BCUT2D eigenvalue weighted by atomic mass is 9.66. The summed E-state index contributed by atoms with van der Waals surface area (Å²) in [6.45, 7) is 2.17. The summed E-state index contributed by atoms with van der Waals surface area (Å²) < 4.78 is 0. The van der Waals surface area contributed by atoms with Crippen LogP contribution in [0.2, 0.25) is 0 Å². The number of fused-ring (bicyclic) bond motifs is 2. The van der Waals surface area contributed by atoms with Crippen molar-refractivity contribution in [2.75, 3.05) is 0 Å². The van der Waals surface area contributed by atoms with Crippen molar-refractivity contribution in [1.29, 1.82) is 0 Å². The van der Waals surface area contributed by atoms with Gasteiger partial charge in [0.05, 0.1) is 0 Å². The lowest BCUT2D eigenvalue weighted by Gasteiger charge is -2.38. The zero-order chi connectivity index (χ0) is 23.5. The maximum atomic E-state index is 13.5. The number of hydrogen-bond donors (Lipinski definition) is 0. The highest BCUT2D eigenvalue weighted by atomic mass is 16.1. The van der Waals surface area contributed by atoms with Crippen LogP contribution in [0.25, 0.3) is 5.57 Å². The predicted octanol–water partition coefficient (Wildman–Crippen LogP) is 7.57. The van der Waals surface area contributed by atoms with E-state index in [4.69, 9.17) is 0 Å². The molecule has 4 atom stereocenters. The molecule has 178 valence electrons. The highest BCUT2D eigenvalue weighted by Gasteiger charge is 2.37. The van der Waals surface area contributed by atoms with Crippen molar-refractivity contribution in [2.45, 2.75) is 77.0 Å². The minimum Gasteiger partial charge on any atom is -0.299 e. The predicted molar refractivity (Wildman–Crippen MR) is 139 cm³/mol. The molecule has 0 spiro atoms. The average Bonchev–Trinajstić information content (AvgIpc) is 3.33. The van der Waals surface area contributed by atoms with Crippen molar-refractivity contribution >= 4 is 17.1 Å². The standard InChI is InChI=1S/C32H38O2/c1-2-22-11-13-26(14-12-22)29-20-27(25-9-4-3-5-10-25)21-30(29)32(34)16-15-31(33)28-18-23-7-6-8-24(17-23)19-28/h3-5,9-14,21,23-24,28-30H,2,6-8,15-20H2,1H3. The maximum absolute atomic E-state index is 13.5. The lowest BCUT2D eigenvalue weighted by Crippen LogP contribution is -2.31. The Bertz CT molecular complexity index is 1020. The molecule has 0 saturated heterocycles. The third kappa shape index (κ3) is 5.11. The van der Waals surface area contributed by atoms with Crippen molar-refractivity contribution < 1.29 is 9.59 Å². The molecular weight excluding hydrogens is 416 g/mol. The topological polar surface area (TPSA) is 34.1 Å². The van der Waals surface area contributed by atoms with Gasteiger partial charge in [0, 0.05) is 30.6 Å². The van der Waals surface area contributed by atoms with Gasteiger partial charge in [-0.2, -0.15) is 0 Å². The van der Waals surface area contributed by atoms with Gasteiger partial charge in [0.15, 0.2) is 0 Å². The first-order valence-electron chi connectivity index (χ1n) is 13.5. The Hall–Kier alpha value is -2.48. The summed E-state index contributed by atoms with van der Waals surface area (Å²) in [7, 11) is 0. The SMILES string of the molecule is CCc1ccc(C2CC(c3ccccc3)=CC2C(=O)CCC(=O)C2CC3CCCC(C3)C2)cc1. The van der Waals surface area contributed by atoms with Crippen LogP contribution < -0.4 is 0 Å². The minimum atomic E-state index is -0.138. The zero-order valence-corrected chi connectivity index (χ0v) is 20.5. The molecule has 2 bridgehead atoms. The summed E-state index contributed by atoms with van der Waals surface area (Å²) in [6.07, 6.45) is 12.3. The van der Waals surface area contributed by atoms with Gasteiger partial charge in [0.2, 0.25) is 0 Å². The molecule has 0 aromatic heterocycles. The van der Waals surface area contributed by atoms with E-state index in [-0.39, 0.29) is 23.5 Å². The van der Waals surface area contributed by atoms with Gasteiger partial charge in [-0.3, -0.25) is 9.59 Å². The Morgan fingerprint density at radius 1 is 0.824 bits per heavy atom. The fourth-order valence-corrected chi connectivity index (χ4v) is 6.89. The Labute approximate surface area is 204 Å². The third-order valence-electron chi connectivity index (χ3n) is 8.79. The number of ketones is 2. The van der Waals surface area contributed by atoms with E-state index in [9.17, 15) is 9.59 Å². The summed E-state index contributed by atoms with van der Waals surface area (Å²) in [5.41, 5.74) is 5.03. The van der Waals surface area contributed by atoms with E-state index < -0.39 is 0 Å². The summed E-state index contributed by atoms with van der Waals surface area (Å²) in [5.74, 6) is 2.31. The first kappa shape index (κ1) is 23.3. The van der Waals surface area contributed by atoms with Crippen LogP contribution in [0.15, 0.2) is 60.7 Å². The number of benzene rings is 2. The van der Waals surface area contributed by atoms with Gasteiger partial charge in [0.1, 0.15) is 11.6 Å². The van der Waals surface area contributed by atoms with E-state index in [1.807, 2.05) is 6.07 Å². The molecule has 5 rings (SSSR count). The molecule has 4 unspecified atom stereocenters. The average molecular weight is 455 g/mol. The number of rotatable bonds is 8. The number of hydrogen-bond acceptors (Lipinski definition) is 2. The van der Waals surface area contributed by atoms with E-state index in [0.29, 0.717) is 18.6 Å². The molecule has 0 heterocycles. The van der Waals surface area contributed by atoms with E-state index in [0.717, 1.165) is 37.5 Å². The quantitative estimate of drug-likeness (QED) is 0.412. The second-order valence-electron chi connectivity index (χ2n) is 11.0. The van der Waals surface area contributed by atoms with Crippen LogP contribution in [0, 0.1) is 23.7 Å². The van der Waals surface area contributed by atoms with E-state index in [1.165, 1.54) is 47.9 Å². The van der Waals surface area contributed by atoms with Crippen molar-refractivity contribution in [3.63, 3.8) is 0 Å². The normalized spacial score (nSPS) is 28.4. The molecule has 2 nitrogen and oxygen atoms in total. The number of carbonyl (C=O) groups is 2. The highest BCUT2D eigenvalue weighted by molar-refractivity contribution is 5.92. The molecule has 3 aliphatic rings. The second-order valence-corrected chi connectivity index (χ2v) is 11.0. The minimum absolute atomic E-state index is 0.138. The lowest BCUT2D eigenvalue weighted by molar-refractivity contribution is -0.129. The van der Waals surface area contributed by atoms with Gasteiger partial charge >= 0.3 is 0 Å². The number of Topliss-reactive ketones (excluding diaryl/α,β-unsaturated/α-hetero) is 2. The van der Waals surface area contributed by atoms with Crippen LogP contribution in [0.1, 0.15) is 87.3 Å². The summed E-state index contributed by atoms with van der Waals surface area (Å²) in [5, 5.41) is 0. The van der Waals surface area contributed by atoms with Gasteiger partial charge in [-0.25, -0.2) is 0 Å². The molecule has 2 saturated carbocycles. The summed E-state index contributed by atoms with van der Waals surface area (Å²) in [6, 6.07) is 19.2. The molecule has 0 N–H and O–H groups in total. The third-order valence-corrected chi connectivity index (χ3v) is 8.79. The van der Waals surface area contributed by atoms with Crippen LogP contribution >= 0.6 is 0 Å². The molecule has 0 amide bonds. The largest absolute Gasteiger partial charge is 0.299 e. The first-order chi connectivity index (χ1) is 16.6. The van der Waals surface area contributed by atoms with Crippen molar-refractivity contribution in [2.24, 2.45) is 23.7 Å². The molecule has 2 aromatic carbocycles. The van der Waals surface area contributed by atoms with Gasteiger partial charge in [0.25, 0.3) is 0 Å². The second kappa shape index (κ2) is 10.4. The molecule has 2 fully saturated rings. The van der Waals surface area contributed by atoms with E-state index >= 15 is 0 Å². The summed E-state index contributed by atoms with van der Waals surface area (Å²) in [4.78, 5) is 26.6. The van der Waals surface area contributed by atoms with Gasteiger partial charge in [-0.05, 0) is 66.2 Å². The molecule has 3 aliphatic carbocycles. The molecule has 0 radical (unpaired) electrons. The van der Waals surface area contributed by atoms with E-state index in [1.54, 1.807) is 0 Å². The Balaban J connectivity index is 1.29. The molecule has 0 aliphatic heterocycles. The van der Waals surface area contributed by atoms with Crippen LogP contribution in [0.5, 0.6) is 0 Å². The van der Waals surface area contributed by atoms with Crippen LogP contribution in [0.4, 0.5) is 0 Å². The molecular formula is C32H38O2. The number of aryl methyl sites for hydroxylation is 1. The fourth-order valence-electron chi connectivity index (χ4n) is 6.89. The van der Waals surface area contributed by atoms with E-state index in [2.05, 4.69) is 61.5 Å². The highest BCUT2D eigenvalue weighted by Crippen LogP contribution is 2.45. The van der Waals surface area contributed by atoms with Gasteiger partial charge < -0.3 is 0 Å². The Kier molecular flexibility index (Phi) is 7.13. The van der Waals surface area contributed by atoms with Crippen molar-refractivity contribution in [3.8, 4) is 0 Å². The summed E-state index contributed by atoms with van der Waals surface area (Å²) >= 11 is 0. The zero-order valence-electron chi connectivity index (χ0n) is 20.5. The van der Waals surface area contributed by atoms with Crippen LogP contribution in [-0.2, 0) is 16.0 Å². The number of carbonyl (C=O) groups excluding carboxylic acids is 2.